The molecule has 1 aromatic heterocycles. The number of benzene rings is 1. The van der Waals surface area contributed by atoms with E-state index in [0.29, 0.717) is 17.0 Å². The highest BCUT2D eigenvalue weighted by Crippen LogP contribution is 2.31. The van der Waals surface area contributed by atoms with Crippen molar-refractivity contribution in [2.45, 2.75) is 26.9 Å². The number of hydrogen-bond acceptors (Lipinski definition) is 3. The topological polar surface area (TPSA) is 42.0 Å². The first-order valence-electron chi connectivity index (χ1n) is 7.03. The van der Waals surface area contributed by atoms with Crippen LogP contribution in [0, 0.1) is 5.41 Å². The van der Waals surface area contributed by atoms with Gasteiger partial charge in [-0.05, 0) is 12.1 Å². The highest BCUT2D eigenvalue weighted by Gasteiger charge is 2.36. The zero-order chi connectivity index (χ0) is 17.3. The Kier molecular flexibility index (Phi) is 4.45. The number of hydrogen-bond donors (Lipinski definition) is 1. The molecule has 0 atom stereocenters. The Labute approximate surface area is 132 Å². The first-order chi connectivity index (χ1) is 10.6. The molecule has 23 heavy (non-hydrogen) atoms. The van der Waals surface area contributed by atoms with E-state index in [9.17, 15) is 18.0 Å². The summed E-state index contributed by atoms with van der Waals surface area (Å²) in [5.41, 5.74) is -1.38. The number of rotatable bonds is 3. The first kappa shape index (κ1) is 17.0. The highest BCUT2D eigenvalue weighted by molar-refractivity contribution is 5.96. The van der Waals surface area contributed by atoms with Crippen LogP contribution in [-0.4, -0.2) is 16.9 Å². The molecule has 3 nitrogen and oxygen atoms in total. The van der Waals surface area contributed by atoms with E-state index < -0.39 is 23.1 Å². The van der Waals surface area contributed by atoms with E-state index >= 15 is 0 Å². The molecule has 122 valence electrons. The molecule has 0 bridgehead atoms. The number of carbonyl (C=O) groups is 1. The molecule has 0 unspecified atom stereocenters. The van der Waals surface area contributed by atoms with Crippen LogP contribution < -0.4 is 5.32 Å². The minimum atomic E-state index is -4.67. The van der Waals surface area contributed by atoms with Crippen molar-refractivity contribution in [3.8, 4) is 0 Å². The van der Waals surface area contributed by atoms with Crippen LogP contribution in [0.1, 0.15) is 20.8 Å². The molecule has 0 fully saturated rings. The number of anilines is 1. The maximum atomic E-state index is 13.3. The quantitative estimate of drug-likeness (QED) is 0.832. The van der Waals surface area contributed by atoms with Crippen LogP contribution in [0.15, 0.2) is 48.3 Å². The Morgan fingerprint density at radius 3 is 2.39 bits per heavy atom. The number of ketones is 1. The van der Waals surface area contributed by atoms with E-state index in [0.717, 1.165) is 0 Å². The van der Waals surface area contributed by atoms with E-state index in [1.54, 1.807) is 45.0 Å². The predicted octanol–water partition coefficient (Wildman–Crippen LogP) is 4.71. The number of para-hydroxylation sites is 1. The highest BCUT2D eigenvalue weighted by atomic mass is 19.4. The zero-order valence-corrected chi connectivity index (χ0v) is 13.0. The summed E-state index contributed by atoms with van der Waals surface area (Å²) in [6, 6.07) is 8.34. The minimum absolute atomic E-state index is 0.202. The maximum Gasteiger partial charge on any atom is 0.431 e. The van der Waals surface area contributed by atoms with Gasteiger partial charge in [0.1, 0.15) is 5.70 Å². The fourth-order valence-corrected chi connectivity index (χ4v) is 1.89. The summed E-state index contributed by atoms with van der Waals surface area (Å²) in [4.78, 5) is 16.0. The number of nitrogens with one attached hydrogen (secondary N) is 1. The molecular formula is C17H17F3N2O. The first-order valence-corrected chi connectivity index (χ1v) is 7.03. The summed E-state index contributed by atoms with van der Waals surface area (Å²) in [5.74, 6) is -0.606. The predicted molar refractivity (Wildman–Crippen MR) is 84.0 cm³/mol. The number of pyridine rings is 1. The van der Waals surface area contributed by atoms with Crippen molar-refractivity contribution in [3.05, 3.63) is 48.3 Å². The lowest BCUT2D eigenvalue weighted by molar-refractivity contribution is -0.122. The maximum absolute atomic E-state index is 13.3. The standard InChI is InChI=1S/C17H17F3N2O/c1-16(2,3)14(23)10-13(17(18,19)20)22-12-8-4-6-11-7-5-9-21-15(11)12/h4-10,22H,1-3H3/b13-10+. The van der Waals surface area contributed by atoms with Crippen molar-refractivity contribution < 1.29 is 18.0 Å². The second kappa shape index (κ2) is 6.02. The van der Waals surface area contributed by atoms with Gasteiger partial charge in [0.05, 0.1) is 11.2 Å². The lowest BCUT2D eigenvalue weighted by Gasteiger charge is -2.18. The number of alkyl halides is 3. The van der Waals surface area contributed by atoms with Gasteiger partial charge in [0.15, 0.2) is 5.78 Å². The molecule has 0 radical (unpaired) electrons. The molecule has 1 N–H and O–H groups in total. The minimum Gasteiger partial charge on any atom is -0.350 e. The number of carbonyl (C=O) groups excluding carboxylic acids is 1. The van der Waals surface area contributed by atoms with Crippen LogP contribution in [-0.2, 0) is 4.79 Å². The van der Waals surface area contributed by atoms with Gasteiger partial charge in [-0.15, -0.1) is 0 Å². The number of halogens is 3. The van der Waals surface area contributed by atoms with Gasteiger partial charge < -0.3 is 5.32 Å². The van der Waals surface area contributed by atoms with Crippen molar-refractivity contribution in [1.82, 2.24) is 4.98 Å². The monoisotopic (exact) mass is 322 g/mol. The van der Waals surface area contributed by atoms with Crippen LogP contribution in [0.4, 0.5) is 18.9 Å². The van der Waals surface area contributed by atoms with Crippen molar-refractivity contribution in [2.75, 3.05) is 5.32 Å². The Bertz CT molecular complexity index is 753. The molecule has 6 heteroatoms. The third-order valence-corrected chi connectivity index (χ3v) is 3.22. The smallest absolute Gasteiger partial charge is 0.350 e. The van der Waals surface area contributed by atoms with Gasteiger partial charge in [-0.1, -0.05) is 39.0 Å². The Balaban J connectivity index is 2.46. The van der Waals surface area contributed by atoms with Gasteiger partial charge in [-0.25, -0.2) is 0 Å². The summed E-state index contributed by atoms with van der Waals surface area (Å²) in [7, 11) is 0. The summed E-state index contributed by atoms with van der Waals surface area (Å²) in [6.07, 6.45) is -2.55. The van der Waals surface area contributed by atoms with Crippen molar-refractivity contribution in [2.24, 2.45) is 5.41 Å². The molecule has 0 aliphatic rings. The summed E-state index contributed by atoms with van der Waals surface area (Å²) in [6.45, 7) is 4.71. The molecule has 1 aromatic carbocycles. The molecule has 1 heterocycles. The summed E-state index contributed by atoms with van der Waals surface area (Å²) < 4.78 is 39.8. The molecule has 2 aromatic rings. The third kappa shape index (κ3) is 4.09. The normalized spacial score (nSPS) is 13.2. The third-order valence-electron chi connectivity index (χ3n) is 3.22. The van der Waals surface area contributed by atoms with E-state index in [2.05, 4.69) is 10.3 Å². The van der Waals surface area contributed by atoms with E-state index in [1.165, 1.54) is 12.3 Å². The number of nitrogens with zero attached hydrogens (tertiary/aromatic N) is 1. The lowest BCUT2D eigenvalue weighted by atomic mass is 9.90. The molecular weight excluding hydrogens is 305 g/mol. The van der Waals surface area contributed by atoms with Crippen molar-refractivity contribution in [3.63, 3.8) is 0 Å². The van der Waals surface area contributed by atoms with Crippen molar-refractivity contribution >= 4 is 22.4 Å². The number of allylic oxidation sites excluding steroid dienone is 2. The van der Waals surface area contributed by atoms with Crippen LogP contribution >= 0.6 is 0 Å². The van der Waals surface area contributed by atoms with E-state index in [4.69, 9.17) is 0 Å². The molecule has 2 rings (SSSR count). The van der Waals surface area contributed by atoms with Crippen LogP contribution in [0.25, 0.3) is 10.9 Å². The second-order valence-corrected chi connectivity index (χ2v) is 6.18. The number of aromatic nitrogens is 1. The van der Waals surface area contributed by atoms with Crippen LogP contribution in [0.3, 0.4) is 0 Å². The van der Waals surface area contributed by atoms with E-state index in [1.807, 2.05) is 0 Å². The largest absolute Gasteiger partial charge is 0.431 e. The van der Waals surface area contributed by atoms with Crippen molar-refractivity contribution in [1.29, 1.82) is 0 Å². The fourth-order valence-electron chi connectivity index (χ4n) is 1.89. The Hall–Kier alpha value is -2.37. The second-order valence-electron chi connectivity index (χ2n) is 6.18. The SMILES string of the molecule is CC(C)(C)C(=O)/C=C(/Nc1cccc2cccnc12)C(F)(F)F. The zero-order valence-electron chi connectivity index (χ0n) is 13.0. The van der Waals surface area contributed by atoms with Gasteiger partial charge in [-0.2, -0.15) is 13.2 Å². The van der Waals surface area contributed by atoms with Gasteiger partial charge in [0, 0.05) is 23.1 Å². The van der Waals surface area contributed by atoms with Gasteiger partial charge in [0.25, 0.3) is 0 Å². The van der Waals surface area contributed by atoms with Gasteiger partial charge in [-0.3, -0.25) is 9.78 Å². The van der Waals surface area contributed by atoms with Crippen LogP contribution in [0.2, 0.25) is 0 Å². The Morgan fingerprint density at radius 1 is 1.13 bits per heavy atom. The van der Waals surface area contributed by atoms with Gasteiger partial charge in [0.2, 0.25) is 0 Å². The molecule has 0 saturated carbocycles. The van der Waals surface area contributed by atoms with Gasteiger partial charge >= 0.3 is 6.18 Å². The van der Waals surface area contributed by atoms with Crippen LogP contribution in [0.5, 0.6) is 0 Å². The lowest BCUT2D eigenvalue weighted by Crippen LogP contribution is -2.24. The number of fused-ring (bicyclic) bond motifs is 1. The average Bonchev–Trinajstić information content (AvgIpc) is 2.44. The molecule has 0 saturated heterocycles. The average molecular weight is 322 g/mol. The molecule has 0 spiro atoms. The molecule has 0 aliphatic heterocycles. The fraction of sp³-hybridized carbons (Fsp3) is 0.294. The summed E-state index contributed by atoms with van der Waals surface area (Å²) in [5, 5.41) is 3.03. The molecule has 0 aliphatic carbocycles. The summed E-state index contributed by atoms with van der Waals surface area (Å²) >= 11 is 0. The van der Waals surface area contributed by atoms with E-state index in [-0.39, 0.29) is 5.69 Å². The Morgan fingerprint density at radius 2 is 1.78 bits per heavy atom. The molecule has 0 amide bonds.